The molecular weight excluding hydrogens is 354 g/mol. The summed E-state index contributed by atoms with van der Waals surface area (Å²) in [6.07, 6.45) is 3.21. The predicted octanol–water partition coefficient (Wildman–Crippen LogP) is 3.20. The Hall–Kier alpha value is -2.58. The van der Waals surface area contributed by atoms with Crippen LogP contribution in [0.25, 0.3) is 11.3 Å². The first-order valence-electron chi connectivity index (χ1n) is 6.73. The highest BCUT2D eigenvalue weighted by atomic mass is 35.5. The van der Waals surface area contributed by atoms with Gasteiger partial charge in [-0.1, -0.05) is 16.8 Å². The Morgan fingerprint density at radius 1 is 1.17 bits per heavy atom. The lowest BCUT2D eigenvalue weighted by Gasteiger charge is -2.07. The van der Waals surface area contributed by atoms with Crippen molar-refractivity contribution in [3.63, 3.8) is 0 Å². The monoisotopic (exact) mass is 365 g/mol. The van der Waals surface area contributed by atoms with E-state index in [1.54, 1.807) is 24.5 Å². The molecule has 0 bridgehead atoms. The van der Waals surface area contributed by atoms with E-state index in [1.807, 2.05) is 0 Å². The van der Waals surface area contributed by atoms with Gasteiger partial charge in [0.25, 0.3) is 10.0 Å². The van der Waals surface area contributed by atoms with Crippen LogP contribution in [-0.4, -0.2) is 25.7 Å². The normalized spacial score (nSPS) is 11.2. The van der Waals surface area contributed by atoms with Crippen LogP contribution in [0.2, 0.25) is 5.02 Å². The van der Waals surface area contributed by atoms with Crippen LogP contribution in [0, 0.1) is 0 Å². The molecule has 2 heterocycles. The zero-order valence-electron chi connectivity index (χ0n) is 12.4. The average molecular weight is 366 g/mol. The first-order chi connectivity index (χ1) is 11.5. The van der Waals surface area contributed by atoms with E-state index in [1.165, 1.54) is 31.4 Å². The first kappa shape index (κ1) is 16.3. The fraction of sp³-hybridized carbons (Fsp3) is 0.0667. The van der Waals surface area contributed by atoms with E-state index in [9.17, 15) is 8.42 Å². The molecule has 0 spiro atoms. The number of nitrogens with zero attached hydrogens (tertiary/aromatic N) is 2. The molecule has 3 aromatic rings. The van der Waals surface area contributed by atoms with Gasteiger partial charge in [0, 0.05) is 24.0 Å². The van der Waals surface area contributed by atoms with Crippen LogP contribution in [0.4, 0.5) is 5.88 Å². The first-order valence-corrected chi connectivity index (χ1v) is 8.59. The standard InChI is InChI=1S/C15H12ClN3O4S/c1-22-14-3-2-11(8-12(14)16)24(20,21)19-15-9-13(18-23-15)10-4-6-17-7-5-10/h2-9,19H,1H3. The van der Waals surface area contributed by atoms with Crippen molar-refractivity contribution in [2.45, 2.75) is 4.90 Å². The number of rotatable bonds is 5. The molecule has 24 heavy (non-hydrogen) atoms. The van der Waals surface area contributed by atoms with Crippen LogP contribution in [-0.2, 0) is 10.0 Å². The number of aromatic nitrogens is 2. The molecule has 0 aliphatic rings. The SMILES string of the molecule is COc1ccc(S(=O)(=O)Nc2cc(-c3ccncc3)no2)cc1Cl. The number of methoxy groups -OCH3 is 1. The van der Waals surface area contributed by atoms with E-state index in [4.69, 9.17) is 20.9 Å². The molecule has 3 rings (SSSR count). The fourth-order valence-corrected chi connectivity index (χ4v) is 3.31. The maximum Gasteiger partial charge on any atom is 0.264 e. The quantitative estimate of drug-likeness (QED) is 0.746. The van der Waals surface area contributed by atoms with Crippen LogP contribution < -0.4 is 9.46 Å². The Morgan fingerprint density at radius 3 is 2.58 bits per heavy atom. The van der Waals surface area contributed by atoms with Gasteiger partial charge in [-0.15, -0.1) is 0 Å². The number of halogens is 1. The zero-order chi connectivity index (χ0) is 17.2. The molecule has 7 nitrogen and oxygen atoms in total. The highest BCUT2D eigenvalue weighted by Gasteiger charge is 2.19. The van der Waals surface area contributed by atoms with E-state index < -0.39 is 10.0 Å². The summed E-state index contributed by atoms with van der Waals surface area (Å²) in [5.74, 6) is 0.379. The zero-order valence-corrected chi connectivity index (χ0v) is 14.0. The van der Waals surface area contributed by atoms with Gasteiger partial charge in [0.2, 0.25) is 5.88 Å². The Morgan fingerprint density at radius 2 is 1.92 bits per heavy atom. The molecule has 124 valence electrons. The number of anilines is 1. The van der Waals surface area contributed by atoms with Crippen molar-refractivity contribution in [1.82, 2.24) is 10.1 Å². The Balaban J connectivity index is 1.85. The van der Waals surface area contributed by atoms with Crippen LogP contribution in [0.1, 0.15) is 0 Å². The van der Waals surface area contributed by atoms with Crippen LogP contribution >= 0.6 is 11.6 Å². The van der Waals surface area contributed by atoms with E-state index >= 15 is 0 Å². The molecule has 2 aromatic heterocycles. The average Bonchev–Trinajstić information content (AvgIpc) is 3.03. The second kappa shape index (κ2) is 6.50. The van der Waals surface area contributed by atoms with Crippen molar-refractivity contribution < 1.29 is 17.7 Å². The summed E-state index contributed by atoms with van der Waals surface area (Å²) in [6.45, 7) is 0. The molecule has 0 atom stereocenters. The molecule has 1 N–H and O–H groups in total. The number of sulfonamides is 1. The van der Waals surface area contributed by atoms with Crippen molar-refractivity contribution in [1.29, 1.82) is 0 Å². The lowest BCUT2D eigenvalue weighted by Crippen LogP contribution is -2.12. The number of benzene rings is 1. The minimum atomic E-state index is -3.87. The van der Waals surface area contributed by atoms with E-state index in [2.05, 4.69) is 14.9 Å². The third kappa shape index (κ3) is 3.34. The molecular formula is C15H12ClN3O4S. The molecule has 0 amide bonds. The minimum Gasteiger partial charge on any atom is -0.495 e. The van der Waals surface area contributed by atoms with Gasteiger partial charge in [0.1, 0.15) is 11.4 Å². The van der Waals surface area contributed by atoms with Crippen molar-refractivity contribution in [2.75, 3.05) is 11.8 Å². The smallest absolute Gasteiger partial charge is 0.264 e. The molecule has 0 saturated heterocycles. The van der Waals surface area contributed by atoms with Gasteiger partial charge < -0.3 is 9.26 Å². The summed E-state index contributed by atoms with van der Waals surface area (Å²) < 4.78 is 37.1. The second-order valence-corrected chi connectivity index (χ2v) is 6.80. The van der Waals surface area contributed by atoms with Gasteiger partial charge in [-0.05, 0) is 30.3 Å². The summed E-state index contributed by atoms with van der Waals surface area (Å²) in [6, 6.07) is 9.10. The lowest BCUT2D eigenvalue weighted by molar-refractivity contribution is 0.414. The highest BCUT2D eigenvalue weighted by molar-refractivity contribution is 7.92. The molecule has 9 heteroatoms. The van der Waals surface area contributed by atoms with Crippen LogP contribution in [0.3, 0.4) is 0 Å². The second-order valence-electron chi connectivity index (χ2n) is 4.71. The van der Waals surface area contributed by atoms with Crippen LogP contribution in [0.5, 0.6) is 5.75 Å². The molecule has 0 fully saturated rings. The topological polar surface area (TPSA) is 94.3 Å². The number of nitrogens with one attached hydrogen (secondary N) is 1. The Kier molecular flexibility index (Phi) is 4.41. The van der Waals surface area contributed by atoms with Gasteiger partial charge in [-0.25, -0.2) is 13.1 Å². The van der Waals surface area contributed by atoms with Crippen LogP contribution in [0.15, 0.2) is 58.2 Å². The van der Waals surface area contributed by atoms with Gasteiger partial charge in [-0.3, -0.25) is 4.98 Å². The molecule has 0 aliphatic carbocycles. The molecule has 1 aromatic carbocycles. The van der Waals surface area contributed by atoms with Gasteiger partial charge in [-0.2, -0.15) is 0 Å². The number of hydrogen-bond donors (Lipinski definition) is 1. The lowest BCUT2D eigenvalue weighted by atomic mass is 10.2. The third-order valence-electron chi connectivity index (χ3n) is 3.15. The summed E-state index contributed by atoms with van der Waals surface area (Å²) in [4.78, 5) is 3.89. The maximum absolute atomic E-state index is 12.4. The van der Waals surface area contributed by atoms with Crippen molar-refractivity contribution >= 4 is 27.5 Å². The van der Waals surface area contributed by atoms with Crippen molar-refractivity contribution in [2.24, 2.45) is 0 Å². The predicted molar refractivity (Wildman–Crippen MR) is 88.5 cm³/mol. The molecule has 0 unspecified atom stereocenters. The summed E-state index contributed by atoms with van der Waals surface area (Å²) in [7, 11) is -2.42. The molecule has 0 saturated carbocycles. The maximum atomic E-state index is 12.4. The summed E-state index contributed by atoms with van der Waals surface area (Å²) in [5.41, 5.74) is 1.24. The summed E-state index contributed by atoms with van der Waals surface area (Å²) >= 11 is 5.96. The van der Waals surface area contributed by atoms with Gasteiger partial charge in [0.05, 0.1) is 17.0 Å². The van der Waals surface area contributed by atoms with E-state index in [0.29, 0.717) is 11.4 Å². The third-order valence-corrected chi connectivity index (χ3v) is 4.79. The van der Waals surface area contributed by atoms with Gasteiger partial charge >= 0.3 is 0 Å². The van der Waals surface area contributed by atoms with E-state index in [-0.39, 0.29) is 15.8 Å². The van der Waals surface area contributed by atoms with Crippen molar-refractivity contribution in [3.8, 4) is 17.0 Å². The molecule has 0 radical (unpaired) electrons. The highest BCUT2D eigenvalue weighted by Crippen LogP contribution is 2.28. The fourth-order valence-electron chi connectivity index (χ4n) is 1.99. The molecule has 0 aliphatic heterocycles. The number of ether oxygens (including phenoxy) is 1. The summed E-state index contributed by atoms with van der Waals surface area (Å²) in [5, 5.41) is 4.02. The number of hydrogen-bond acceptors (Lipinski definition) is 6. The van der Waals surface area contributed by atoms with Gasteiger partial charge in [0.15, 0.2) is 0 Å². The minimum absolute atomic E-state index is 0.00578. The van der Waals surface area contributed by atoms with E-state index in [0.717, 1.165) is 5.56 Å². The Bertz CT molecular complexity index is 958. The largest absolute Gasteiger partial charge is 0.495 e. The number of pyridine rings is 1. The Labute approximate surface area is 143 Å². The van der Waals surface area contributed by atoms with Crippen molar-refractivity contribution in [3.05, 3.63) is 53.8 Å².